The fraction of sp³-hybridized carbons (Fsp3) is 0.286. The van der Waals surface area contributed by atoms with Gasteiger partial charge in [-0.25, -0.2) is 0 Å². The summed E-state index contributed by atoms with van der Waals surface area (Å²) in [5.41, 5.74) is 8.73. The quantitative estimate of drug-likeness (QED) is 0.897. The van der Waals surface area contributed by atoms with Crippen molar-refractivity contribution < 1.29 is 0 Å². The number of hydrogen-bond donors (Lipinski definition) is 1. The first-order valence-electron chi connectivity index (χ1n) is 5.74. The molecule has 1 heterocycles. The van der Waals surface area contributed by atoms with Crippen molar-refractivity contribution in [3.63, 3.8) is 0 Å². The summed E-state index contributed by atoms with van der Waals surface area (Å²) in [6.07, 6.45) is 0. The lowest BCUT2D eigenvalue weighted by atomic mass is 10.1. The molecule has 0 saturated carbocycles. The van der Waals surface area contributed by atoms with Gasteiger partial charge in [-0.1, -0.05) is 24.3 Å². The van der Waals surface area contributed by atoms with Crippen LogP contribution in [0.2, 0.25) is 0 Å². The summed E-state index contributed by atoms with van der Waals surface area (Å²) in [7, 11) is 2.09. The summed E-state index contributed by atoms with van der Waals surface area (Å²) < 4.78 is 0. The summed E-state index contributed by atoms with van der Waals surface area (Å²) in [5, 5.41) is 2.07. The van der Waals surface area contributed by atoms with Gasteiger partial charge < -0.3 is 10.6 Å². The highest BCUT2D eigenvalue weighted by Gasteiger charge is 2.11. The average molecular weight is 246 g/mol. The number of thiophene rings is 1. The van der Waals surface area contributed by atoms with Crippen LogP contribution in [0.1, 0.15) is 16.5 Å². The highest BCUT2D eigenvalue weighted by molar-refractivity contribution is 7.10. The van der Waals surface area contributed by atoms with Gasteiger partial charge in [0.25, 0.3) is 0 Å². The van der Waals surface area contributed by atoms with Crippen molar-refractivity contribution in [3.05, 3.63) is 52.2 Å². The van der Waals surface area contributed by atoms with Gasteiger partial charge in [0.05, 0.1) is 6.04 Å². The number of likely N-dealkylation sites (N-methyl/N-ethyl adjacent to an activating group) is 1. The molecule has 0 radical (unpaired) electrons. The zero-order valence-electron chi connectivity index (χ0n) is 10.3. The Morgan fingerprint density at radius 1 is 1.24 bits per heavy atom. The Hall–Kier alpha value is -1.32. The van der Waals surface area contributed by atoms with E-state index in [1.54, 1.807) is 11.3 Å². The van der Waals surface area contributed by atoms with E-state index >= 15 is 0 Å². The van der Waals surface area contributed by atoms with E-state index in [4.69, 9.17) is 5.73 Å². The summed E-state index contributed by atoms with van der Waals surface area (Å²) in [5.74, 6) is 0. The molecule has 0 aliphatic rings. The molecule has 0 bridgehead atoms. The van der Waals surface area contributed by atoms with Crippen LogP contribution in [0.15, 0.2) is 41.8 Å². The molecule has 0 fully saturated rings. The van der Waals surface area contributed by atoms with Gasteiger partial charge in [0.1, 0.15) is 0 Å². The Bertz CT molecular complexity index is 465. The van der Waals surface area contributed by atoms with Crippen LogP contribution >= 0.6 is 11.3 Å². The molecular formula is C14H18N2S. The second-order valence-corrected chi connectivity index (χ2v) is 5.27. The number of nitrogens with two attached hydrogens (primary N) is 1. The molecule has 3 heteroatoms. The Morgan fingerprint density at radius 2 is 2.00 bits per heavy atom. The Labute approximate surface area is 107 Å². The molecule has 1 aromatic heterocycles. The molecule has 0 aliphatic heterocycles. The van der Waals surface area contributed by atoms with Gasteiger partial charge >= 0.3 is 0 Å². The molecule has 0 amide bonds. The fourth-order valence-electron chi connectivity index (χ4n) is 1.98. The van der Waals surface area contributed by atoms with E-state index in [1.165, 1.54) is 16.1 Å². The van der Waals surface area contributed by atoms with Crippen molar-refractivity contribution >= 4 is 17.0 Å². The van der Waals surface area contributed by atoms with Crippen molar-refractivity contribution in [2.24, 2.45) is 5.73 Å². The molecule has 2 N–H and O–H groups in total. The van der Waals surface area contributed by atoms with E-state index in [9.17, 15) is 0 Å². The minimum absolute atomic E-state index is 0.0830. The van der Waals surface area contributed by atoms with Crippen molar-refractivity contribution in [2.75, 3.05) is 18.5 Å². The molecule has 2 rings (SSSR count). The number of para-hydroxylation sites is 1. The third kappa shape index (κ3) is 2.87. The highest BCUT2D eigenvalue weighted by Crippen LogP contribution is 2.22. The Kier molecular flexibility index (Phi) is 3.82. The smallest absolute Gasteiger partial charge is 0.0567 e. The molecule has 17 heavy (non-hydrogen) atoms. The molecule has 1 aromatic carbocycles. The van der Waals surface area contributed by atoms with Crippen LogP contribution in [0, 0.1) is 6.92 Å². The van der Waals surface area contributed by atoms with E-state index in [0.717, 1.165) is 6.54 Å². The number of benzene rings is 1. The molecular weight excluding hydrogens is 228 g/mol. The van der Waals surface area contributed by atoms with Crippen molar-refractivity contribution in [2.45, 2.75) is 13.0 Å². The second kappa shape index (κ2) is 5.34. The van der Waals surface area contributed by atoms with Gasteiger partial charge in [0, 0.05) is 24.2 Å². The lowest BCUT2D eigenvalue weighted by Gasteiger charge is -2.24. The first kappa shape index (κ1) is 12.1. The molecule has 0 saturated heterocycles. The summed E-state index contributed by atoms with van der Waals surface area (Å²) in [6, 6.07) is 12.6. The van der Waals surface area contributed by atoms with Crippen LogP contribution in [-0.2, 0) is 0 Å². The van der Waals surface area contributed by atoms with Crippen LogP contribution < -0.4 is 10.6 Å². The molecule has 0 spiro atoms. The average Bonchev–Trinajstić information content (AvgIpc) is 2.82. The minimum atomic E-state index is 0.0830. The Balaban J connectivity index is 2.07. The zero-order chi connectivity index (χ0) is 12.3. The number of hydrogen-bond acceptors (Lipinski definition) is 3. The predicted octanol–water partition coefficient (Wildman–Crippen LogP) is 3.19. The normalized spacial score (nSPS) is 12.4. The summed E-state index contributed by atoms with van der Waals surface area (Å²) in [6.45, 7) is 2.97. The monoisotopic (exact) mass is 246 g/mol. The predicted molar refractivity (Wildman–Crippen MR) is 75.7 cm³/mol. The fourth-order valence-corrected chi connectivity index (χ4v) is 2.70. The van der Waals surface area contributed by atoms with Gasteiger partial charge in [-0.15, -0.1) is 11.3 Å². The zero-order valence-corrected chi connectivity index (χ0v) is 11.1. The molecule has 2 aromatic rings. The van der Waals surface area contributed by atoms with E-state index < -0.39 is 0 Å². The van der Waals surface area contributed by atoms with Gasteiger partial charge in [0.15, 0.2) is 0 Å². The molecule has 1 unspecified atom stereocenters. The highest BCUT2D eigenvalue weighted by atomic mass is 32.1. The largest absolute Gasteiger partial charge is 0.372 e. The summed E-state index contributed by atoms with van der Waals surface area (Å²) in [4.78, 5) is 3.46. The van der Waals surface area contributed by atoms with Crippen molar-refractivity contribution in [3.8, 4) is 0 Å². The van der Waals surface area contributed by atoms with E-state index in [1.807, 2.05) is 6.07 Å². The first-order chi connectivity index (χ1) is 8.18. The lowest BCUT2D eigenvalue weighted by Crippen LogP contribution is -2.28. The van der Waals surface area contributed by atoms with Gasteiger partial charge in [-0.2, -0.15) is 0 Å². The van der Waals surface area contributed by atoms with Crippen LogP contribution in [0.25, 0.3) is 0 Å². The number of aryl methyl sites for hydroxylation is 1. The molecule has 0 aliphatic carbocycles. The second-order valence-electron chi connectivity index (χ2n) is 4.29. The van der Waals surface area contributed by atoms with E-state index in [-0.39, 0.29) is 6.04 Å². The number of anilines is 1. The van der Waals surface area contributed by atoms with Crippen molar-refractivity contribution in [1.82, 2.24) is 0 Å². The van der Waals surface area contributed by atoms with Crippen LogP contribution in [0.3, 0.4) is 0 Å². The molecule has 2 nitrogen and oxygen atoms in total. The van der Waals surface area contributed by atoms with Crippen molar-refractivity contribution in [1.29, 1.82) is 0 Å². The molecule has 90 valence electrons. The van der Waals surface area contributed by atoms with Crippen LogP contribution in [-0.4, -0.2) is 13.6 Å². The van der Waals surface area contributed by atoms with Gasteiger partial charge in [0.2, 0.25) is 0 Å². The third-order valence-electron chi connectivity index (χ3n) is 2.91. The topological polar surface area (TPSA) is 29.3 Å². The first-order valence-corrected chi connectivity index (χ1v) is 6.62. The standard InChI is InChI=1S/C14H18N2S/c1-11-6-3-4-7-13(11)16(2)10-12(15)14-8-5-9-17-14/h3-9,12H,10,15H2,1-2H3. The maximum absolute atomic E-state index is 6.20. The van der Waals surface area contributed by atoms with Gasteiger partial charge in [-0.3, -0.25) is 0 Å². The SMILES string of the molecule is Cc1ccccc1N(C)CC(N)c1cccs1. The maximum atomic E-state index is 6.20. The number of nitrogens with zero attached hydrogens (tertiary/aromatic N) is 1. The maximum Gasteiger partial charge on any atom is 0.0567 e. The third-order valence-corrected chi connectivity index (χ3v) is 3.91. The number of rotatable bonds is 4. The van der Waals surface area contributed by atoms with E-state index in [0.29, 0.717) is 0 Å². The van der Waals surface area contributed by atoms with Gasteiger partial charge in [-0.05, 0) is 30.0 Å². The van der Waals surface area contributed by atoms with Crippen LogP contribution in [0.5, 0.6) is 0 Å². The minimum Gasteiger partial charge on any atom is -0.372 e. The Morgan fingerprint density at radius 3 is 2.65 bits per heavy atom. The van der Waals surface area contributed by atoms with Crippen LogP contribution in [0.4, 0.5) is 5.69 Å². The lowest BCUT2D eigenvalue weighted by molar-refractivity contribution is 0.714. The summed E-state index contributed by atoms with van der Waals surface area (Å²) >= 11 is 1.72. The van der Waals surface area contributed by atoms with E-state index in [2.05, 4.69) is 54.6 Å². The molecule has 1 atom stereocenters.